The van der Waals surface area contributed by atoms with E-state index in [0.29, 0.717) is 0 Å². The van der Waals surface area contributed by atoms with Gasteiger partial charge in [-0.3, -0.25) is 0 Å². The second-order valence-corrected chi connectivity index (χ2v) is 19.8. The molecule has 0 aliphatic heterocycles. The number of fused-ring (bicyclic) bond motifs is 8. The van der Waals surface area contributed by atoms with Gasteiger partial charge in [-0.2, -0.15) is 0 Å². The number of benzene rings is 11. The van der Waals surface area contributed by atoms with Gasteiger partial charge in [-0.25, -0.2) is 0 Å². The maximum absolute atomic E-state index is 2.56. The molecule has 2 nitrogen and oxygen atoms in total. The van der Waals surface area contributed by atoms with Gasteiger partial charge in [0.1, 0.15) is 0 Å². The van der Waals surface area contributed by atoms with Crippen LogP contribution in [0.1, 0.15) is 37.8 Å². The maximum atomic E-state index is 2.56. The van der Waals surface area contributed by atoms with Gasteiger partial charge in [0.05, 0.1) is 0 Å². The molecule has 12 aromatic rings. The van der Waals surface area contributed by atoms with Crippen LogP contribution >= 0.6 is 11.3 Å². The minimum Gasteiger partial charge on any atom is -0.310 e. The van der Waals surface area contributed by atoms with Crippen molar-refractivity contribution in [3.63, 3.8) is 0 Å². The van der Waals surface area contributed by atoms with Crippen LogP contribution in [0.3, 0.4) is 0 Å². The van der Waals surface area contributed by atoms with Crippen molar-refractivity contribution >= 4 is 87.2 Å². The highest BCUT2D eigenvalue weighted by Crippen LogP contribution is 2.56. The quantitative estimate of drug-likeness (QED) is 0.135. The Morgan fingerprint density at radius 2 is 0.757 bits per heavy atom. The minimum absolute atomic E-state index is 0.138. The lowest BCUT2D eigenvalue weighted by atomic mass is 9.73. The summed E-state index contributed by atoms with van der Waals surface area (Å²) in [6, 6.07) is 89.9. The molecule has 70 heavy (non-hydrogen) atoms. The molecule has 0 atom stereocenters. The number of thiophene rings is 1. The number of hydrogen-bond acceptors (Lipinski definition) is 3. The summed E-state index contributed by atoms with van der Waals surface area (Å²) in [5.74, 6) is 0. The second kappa shape index (κ2) is 17.1. The van der Waals surface area contributed by atoms with E-state index in [1.54, 1.807) is 0 Å². The summed E-state index contributed by atoms with van der Waals surface area (Å²) < 4.78 is 2.61. The van der Waals surface area contributed by atoms with Gasteiger partial charge < -0.3 is 9.80 Å². The van der Waals surface area contributed by atoms with Gasteiger partial charge in [0.2, 0.25) is 0 Å². The molecule has 0 saturated heterocycles. The van der Waals surface area contributed by atoms with E-state index in [1.807, 2.05) is 11.3 Å². The van der Waals surface area contributed by atoms with Crippen molar-refractivity contribution in [3.8, 4) is 33.4 Å². The van der Waals surface area contributed by atoms with Crippen LogP contribution in [0.4, 0.5) is 34.1 Å². The fraction of sp³-hybridized carbons (Fsp3) is 0.0746. The first-order valence-corrected chi connectivity index (χ1v) is 25.4. The van der Waals surface area contributed by atoms with Crippen molar-refractivity contribution in [1.29, 1.82) is 0 Å². The fourth-order valence-electron chi connectivity index (χ4n) is 11.5. The van der Waals surface area contributed by atoms with Gasteiger partial charge in [-0.15, -0.1) is 11.3 Å². The Kier molecular flexibility index (Phi) is 10.2. The Bertz CT molecular complexity index is 3940. The van der Waals surface area contributed by atoms with Crippen molar-refractivity contribution in [2.24, 2.45) is 0 Å². The van der Waals surface area contributed by atoms with Crippen LogP contribution in [0.15, 0.2) is 243 Å². The SMILES string of the molecule is CCC1(CC)c2cc(N(c3cccc(-c4ccccc4)c3)c3ccc4ccccc4c3)ccc2-c2cc3sc4cc(N(c5cccc(-c6ccccc6)c5)c5ccc6ccccc6c5)ccc4c3cc21. The zero-order chi connectivity index (χ0) is 46.8. The summed E-state index contributed by atoms with van der Waals surface area (Å²) in [4.78, 5) is 4.88. The van der Waals surface area contributed by atoms with Gasteiger partial charge in [0, 0.05) is 59.7 Å². The Hall–Kier alpha value is -8.24. The standard InChI is InChI=1S/C67H50N2S/c1-3-67(4-2)63-41-57(68(55-31-29-47-21-11-13-23-49(47)39-55)53-27-15-25-51(37-53)45-17-7-5-8-18-45)33-35-59(63)61-44-66-62(43-64(61)67)60-36-34-58(42-65(60)70-66)69(56-32-30-48-22-12-14-24-50(48)40-56)54-28-16-26-52(38-54)46-19-9-6-10-20-46/h5-44H,3-4H2,1-2H3. The summed E-state index contributed by atoms with van der Waals surface area (Å²) in [7, 11) is 0. The van der Waals surface area contributed by atoms with E-state index >= 15 is 0 Å². The molecule has 0 fully saturated rings. The van der Waals surface area contributed by atoms with Crippen molar-refractivity contribution in [1.82, 2.24) is 0 Å². The van der Waals surface area contributed by atoms with Crippen molar-refractivity contribution in [2.75, 3.05) is 9.80 Å². The van der Waals surface area contributed by atoms with Crippen molar-refractivity contribution in [2.45, 2.75) is 32.1 Å². The largest absolute Gasteiger partial charge is 0.310 e. The van der Waals surface area contributed by atoms with E-state index < -0.39 is 0 Å². The fourth-order valence-corrected chi connectivity index (χ4v) is 12.6. The molecule has 1 heterocycles. The topological polar surface area (TPSA) is 6.48 Å². The average molecular weight is 915 g/mol. The summed E-state index contributed by atoms with van der Waals surface area (Å²) in [6.07, 6.45) is 2.01. The summed E-state index contributed by atoms with van der Waals surface area (Å²) in [5.41, 5.74) is 17.1. The van der Waals surface area contributed by atoms with Gasteiger partial charge in [0.15, 0.2) is 0 Å². The Morgan fingerprint density at radius 1 is 0.314 bits per heavy atom. The van der Waals surface area contributed by atoms with E-state index in [9.17, 15) is 0 Å². The molecule has 0 amide bonds. The molecule has 334 valence electrons. The molecule has 1 aliphatic carbocycles. The highest BCUT2D eigenvalue weighted by molar-refractivity contribution is 7.25. The summed E-state index contributed by atoms with van der Waals surface area (Å²) in [6.45, 7) is 4.77. The second-order valence-electron chi connectivity index (χ2n) is 18.8. The Labute approximate surface area is 414 Å². The van der Waals surface area contributed by atoms with E-state index in [0.717, 1.165) is 41.3 Å². The van der Waals surface area contributed by atoms with Crippen LogP contribution in [0, 0.1) is 0 Å². The van der Waals surface area contributed by atoms with Crippen LogP contribution in [-0.4, -0.2) is 0 Å². The normalized spacial score (nSPS) is 12.7. The number of hydrogen-bond donors (Lipinski definition) is 0. The van der Waals surface area contributed by atoms with Gasteiger partial charge in [-0.05, 0) is 164 Å². The van der Waals surface area contributed by atoms with Gasteiger partial charge in [-0.1, -0.05) is 172 Å². The number of anilines is 6. The van der Waals surface area contributed by atoms with E-state index in [-0.39, 0.29) is 5.41 Å². The van der Waals surface area contributed by atoms with Crippen molar-refractivity contribution < 1.29 is 0 Å². The van der Waals surface area contributed by atoms with Gasteiger partial charge >= 0.3 is 0 Å². The first kappa shape index (κ1) is 41.9. The molecule has 1 aromatic heterocycles. The third-order valence-electron chi connectivity index (χ3n) is 15.0. The molecule has 1 aliphatic rings. The molecule has 0 spiro atoms. The van der Waals surface area contributed by atoms with E-state index in [2.05, 4.69) is 266 Å². The summed E-state index contributed by atoms with van der Waals surface area (Å²) >= 11 is 1.91. The predicted molar refractivity (Wildman–Crippen MR) is 301 cm³/mol. The molecule has 3 heteroatoms. The predicted octanol–water partition coefficient (Wildman–Crippen LogP) is 19.7. The third kappa shape index (κ3) is 6.99. The number of nitrogens with zero attached hydrogens (tertiary/aromatic N) is 2. The van der Waals surface area contributed by atoms with Crippen LogP contribution in [-0.2, 0) is 5.41 Å². The highest BCUT2D eigenvalue weighted by Gasteiger charge is 2.41. The molecule has 0 N–H and O–H groups in total. The first-order chi connectivity index (χ1) is 34.5. The molecule has 13 rings (SSSR count). The molecular formula is C67H50N2S. The molecular weight excluding hydrogens is 865 g/mol. The van der Waals surface area contributed by atoms with Crippen LogP contribution in [0.2, 0.25) is 0 Å². The van der Waals surface area contributed by atoms with Crippen molar-refractivity contribution in [3.05, 3.63) is 254 Å². The zero-order valence-corrected chi connectivity index (χ0v) is 40.1. The van der Waals surface area contributed by atoms with Crippen LogP contribution < -0.4 is 9.80 Å². The van der Waals surface area contributed by atoms with Crippen LogP contribution in [0.5, 0.6) is 0 Å². The molecule has 0 radical (unpaired) electrons. The third-order valence-corrected chi connectivity index (χ3v) is 16.2. The van der Waals surface area contributed by atoms with Crippen LogP contribution in [0.25, 0.3) is 75.1 Å². The highest BCUT2D eigenvalue weighted by atomic mass is 32.1. The maximum Gasteiger partial charge on any atom is 0.0476 e. The smallest absolute Gasteiger partial charge is 0.0476 e. The lowest BCUT2D eigenvalue weighted by molar-refractivity contribution is 0.491. The van der Waals surface area contributed by atoms with Gasteiger partial charge in [0.25, 0.3) is 0 Å². The zero-order valence-electron chi connectivity index (χ0n) is 39.3. The summed E-state index contributed by atoms with van der Waals surface area (Å²) in [5, 5.41) is 7.57. The number of rotatable bonds is 10. The Morgan fingerprint density at radius 3 is 1.33 bits per heavy atom. The first-order valence-electron chi connectivity index (χ1n) is 24.6. The lowest BCUT2D eigenvalue weighted by Crippen LogP contribution is -2.23. The monoisotopic (exact) mass is 914 g/mol. The molecule has 11 aromatic carbocycles. The molecule has 0 unspecified atom stereocenters. The minimum atomic E-state index is -0.138. The van der Waals surface area contributed by atoms with E-state index in [4.69, 9.17) is 0 Å². The lowest BCUT2D eigenvalue weighted by Gasteiger charge is -2.32. The van der Waals surface area contributed by atoms with E-state index in [1.165, 1.54) is 91.9 Å². The molecule has 0 bridgehead atoms. The Balaban J connectivity index is 0.938. The average Bonchev–Trinajstić information content (AvgIpc) is 3.92. The molecule has 0 saturated carbocycles.